The van der Waals surface area contributed by atoms with Crippen molar-refractivity contribution in [2.24, 2.45) is 0 Å². The number of benzene rings is 4. The molecule has 0 spiro atoms. The molecule has 0 atom stereocenters. The number of phenols is 3. The number of anilines is 2. The molecule has 0 aliphatic heterocycles. The zero-order valence-electron chi connectivity index (χ0n) is 22.3. The standard InChI is InChI=1S/C15H12BrNO4.C13H10BrNO3.C2H6/c1-9(18)21-12-6-7-14(19)13(8-12)15(20)17-11-4-2-10(16)3-5-11;14-8-1-3-9(4-2-8)15-13(18)11-7-10(16)5-6-12(11)17;1-2/h2-8,19H,1H3,(H,17,20);1-7,16-17H,(H,15,18);1-2H3. The summed E-state index contributed by atoms with van der Waals surface area (Å²) in [6, 6.07) is 21.8. The lowest BCUT2D eigenvalue weighted by Crippen LogP contribution is -2.12. The van der Waals surface area contributed by atoms with Crippen LogP contribution < -0.4 is 15.4 Å². The van der Waals surface area contributed by atoms with Crippen LogP contribution in [-0.4, -0.2) is 33.1 Å². The molecule has 4 aromatic carbocycles. The van der Waals surface area contributed by atoms with Crippen molar-refractivity contribution in [3.8, 4) is 23.0 Å². The average Bonchev–Trinajstić information content (AvgIpc) is 2.94. The molecule has 0 saturated heterocycles. The summed E-state index contributed by atoms with van der Waals surface area (Å²) in [5, 5.41) is 33.9. The first-order valence-corrected chi connectivity index (χ1v) is 13.8. The second kappa shape index (κ2) is 16.0. The minimum Gasteiger partial charge on any atom is -0.508 e. The molecule has 0 aliphatic carbocycles. The summed E-state index contributed by atoms with van der Waals surface area (Å²) in [6.07, 6.45) is 0. The van der Waals surface area contributed by atoms with Crippen molar-refractivity contribution in [3.63, 3.8) is 0 Å². The molecule has 0 aromatic heterocycles. The molecule has 9 nitrogen and oxygen atoms in total. The number of carbonyl (C=O) groups is 3. The van der Waals surface area contributed by atoms with E-state index >= 15 is 0 Å². The van der Waals surface area contributed by atoms with Gasteiger partial charge in [0.15, 0.2) is 0 Å². The van der Waals surface area contributed by atoms with E-state index in [4.69, 9.17) is 4.74 Å². The maximum atomic E-state index is 12.1. The van der Waals surface area contributed by atoms with E-state index in [0.29, 0.717) is 11.4 Å². The first kappa shape index (κ1) is 32.9. The third-order valence-corrected chi connectivity index (χ3v) is 5.96. The van der Waals surface area contributed by atoms with Gasteiger partial charge in [0.2, 0.25) is 0 Å². The highest BCUT2D eigenvalue weighted by Gasteiger charge is 2.14. The van der Waals surface area contributed by atoms with E-state index in [1.165, 1.54) is 43.3 Å². The molecular weight excluding hydrogens is 660 g/mol. The first-order chi connectivity index (χ1) is 19.5. The molecule has 4 rings (SSSR count). The molecule has 214 valence electrons. The van der Waals surface area contributed by atoms with Crippen LogP contribution in [0.5, 0.6) is 23.0 Å². The van der Waals surface area contributed by atoms with Gasteiger partial charge in [0, 0.05) is 27.2 Å². The molecule has 41 heavy (non-hydrogen) atoms. The lowest BCUT2D eigenvalue weighted by atomic mass is 10.1. The topological polar surface area (TPSA) is 145 Å². The van der Waals surface area contributed by atoms with Gasteiger partial charge in [-0.05, 0) is 84.9 Å². The lowest BCUT2D eigenvalue weighted by molar-refractivity contribution is -0.131. The van der Waals surface area contributed by atoms with E-state index in [2.05, 4.69) is 42.5 Å². The van der Waals surface area contributed by atoms with Crippen LogP contribution in [-0.2, 0) is 4.79 Å². The van der Waals surface area contributed by atoms with E-state index in [9.17, 15) is 29.7 Å². The van der Waals surface area contributed by atoms with Gasteiger partial charge in [-0.3, -0.25) is 14.4 Å². The van der Waals surface area contributed by atoms with Gasteiger partial charge in [0.1, 0.15) is 23.0 Å². The summed E-state index contributed by atoms with van der Waals surface area (Å²) in [6.45, 7) is 5.26. The molecule has 0 radical (unpaired) electrons. The maximum absolute atomic E-state index is 12.1. The van der Waals surface area contributed by atoms with Crippen LogP contribution in [0.1, 0.15) is 41.5 Å². The predicted octanol–water partition coefficient (Wildman–Crippen LogP) is 7.47. The molecule has 0 saturated carbocycles. The molecule has 4 aromatic rings. The van der Waals surface area contributed by atoms with Gasteiger partial charge in [0.05, 0.1) is 11.1 Å². The van der Waals surface area contributed by atoms with E-state index in [0.717, 1.165) is 8.95 Å². The molecule has 0 bridgehead atoms. The third-order valence-electron chi connectivity index (χ3n) is 4.90. The van der Waals surface area contributed by atoms with Gasteiger partial charge < -0.3 is 30.7 Å². The van der Waals surface area contributed by atoms with Crippen molar-refractivity contribution >= 4 is 61.0 Å². The highest BCUT2D eigenvalue weighted by molar-refractivity contribution is 9.10. The Labute approximate surface area is 254 Å². The van der Waals surface area contributed by atoms with Gasteiger partial charge >= 0.3 is 5.97 Å². The number of hydrogen-bond acceptors (Lipinski definition) is 7. The Morgan fingerprint density at radius 3 is 1.49 bits per heavy atom. The fraction of sp³-hybridized carbons (Fsp3) is 0.100. The van der Waals surface area contributed by atoms with Gasteiger partial charge in [-0.25, -0.2) is 0 Å². The number of carbonyl (C=O) groups excluding carboxylic acids is 3. The van der Waals surface area contributed by atoms with Crippen LogP contribution in [0, 0.1) is 0 Å². The number of nitrogens with one attached hydrogen (secondary N) is 2. The Morgan fingerprint density at radius 1 is 0.634 bits per heavy atom. The van der Waals surface area contributed by atoms with E-state index in [1.54, 1.807) is 48.5 Å². The molecule has 0 aliphatic rings. The fourth-order valence-electron chi connectivity index (χ4n) is 3.10. The van der Waals surface area contributed by atoms with Gasteiger partial charge in [0.25, 0.3) is 11.8 Å². The zero-order valence-corrected chi connectivity index (χ0v) is 25.5. The number of phenolic OH excluding ortho intramolecular Hbond substituents is 3. The van der Waals surface area contributed by atoms with Crippen molar-refractivity contribution in [3.05, 3.63) is 105 Å². The quantitative estimate of drug-likeness (QED) is 0.0831. The first-order valence-electron chi connectivity index (χ1n) is 12.2. The number of rotatable bonds is 5. The minimum absolute atomic E-state index is 0.0247. The molecule has 5 N–H and O–H groups in total. The normalized spacial score (nSPS) is 9.68. The lowest BCUT2D eigenvalue weighted by Gasteiger charge is -2.09. The summed E-state index contributed by atoms with van der Waals surface area (Å²) in [7, 11) is 0. The molecule has 11 heteroatoms. The molecule has 0 heterocycles. The summed E-state index contributed by atoms with van der Waals surface area (Å²) >= 11 is 6.59. The number of esters is 1. The summed E-state index contributed by atoms with van der Waals surface area (Å²) < 4.78 is 6.68. The van der Waals surface area contributed by atoms with Crippen molar-refractivity contribution in [2.75, 3.05) is 10.6 Å². The monoisotopic (exact) mass is 686 g/mol. The van der Waals surface area contributed by atoms with Gasteiger partial charge in [-0.1, -0.05) is 45.7 Å². The predicted molar refractivity (Wildman–Crippen MR) is 165 cm³/mol. The van der Waals surface area contributed by atoms with E-state index < -0.39 is 17.8 Å². The number of ether oxygens (including phenoxy) is 1. The van der Waals surface area contributed by atoms with Crippen molar-refractivity contribution in [2.45, 2.75) is 20.8 Å². The maximum Gasteiger partial charge on any atom is 0.308 e. The molecule has 0 unspecified atom stereocenters. The van der Waals surface area contributed by atoms with Crippen LogP contribution in [0.25, 0.3) is 0 Å². The largest absolute Gasteiger partial charge is 0.508 e. The summed E-state index contributed by atoms with van der Waals surface area (Å²) in [4.78, 5) is 34.9. The van der Waals surface area contributed by atoms with Gasteiger partial charge in [-0.15, -0.1) is 0 Å². The minimum atomic E-state index is -0.500. The molecule has 0 fully saturated rings. The Hall–Kier alpha value is -4.35. The van der Waals surface area contributed by atoms with Crippen LogP contribution in [0.3, 0.4) is 0 Å². The highest BCUT2D eigenvalue weighted by atomic mass is 79.9. The Balaban J connectivity index is 0.000000273. The van der Waals surface area contributed by atoms with Crippen LogP contribution >= 0.6 is 31.9 Å². The summed E-state index contributed by atoms with van der Waals surface area (Å²) in [5.74, 6) is -1.73. The molecular formula is C30H28Br2N2O7. The van der Waals surface area contributed by atoms with E-state index in [1.807, 2.05) is 13.8 Å². The van der Waals surface area contributed by atoms with Crippen molar-refractivity contribution in [1.29, 1.82) is 0 Å². The van der Waals surface area contributed by atoms with Crippen LogP contribution in [0.4, 0.5) is 11.4 Å². The van der Waals surface area contributed by atoms with E-state index in [-0.39, 0.29) is 34.1 Å². The zero-order chi connectivity index (χ0) is 30.5. The number of amides is 2. The van der Waals surface area contributed by atoms with Gasteiger partial charge in [-0.2, -0.15) is 0 Å². The Bertz CT molecular complexity index is 1490. The smallest absolute Gasteiger partial charge is 0.308 e. The number of halogens is 2. The fourth-order valence-corrected chi connectivity index (χ4v) is 3.62. The van der Waals surface area contributed by atoms with Crippen molar-refractivity contribution in [1.82, 2.24) is 0 Å². The second-order valence-electron chi connectivity index (χ2n) is 7.90. The average molecular weight is 688 g/mol. The molecule has 2 amide bonds. The van der Waals surface area contributed by atoms with Crippen LogP contribution in [0.15, 0.2) is 93.9 Å². The summed E-state index contributed by atoms with van der Waals surface area (Å²) in [5.41, 5.74) is 1.24. The second-order valence-corrected chi connectivity index (χ2v) is 9.73. The SMILES string of the molecule is CC.CC(=O)Oc1ccc(O)c(C(=O)Nc2ccc(Br)cc2)c1.O=C(Nc1ccc(Br)cc1)c1cc(O)ccc1O. The number of hydrogen-bond donors (Lipinski definition) is 5. The third kappa shape index (κ3) is 10.6. The Kier molecular flexibility index (Phi) is 12.9. The Morgan fingerprint density at radius 2 is 1.05 bits per heavy atom. The highest BCUT2D eigenvalue weighted by Crippen LogP contribution is 2.25. The van der Waals surface area contributed by atoms with Crippen LogP contribution in [0.2, 0.25) is 0 Å². The number of aromatic hydroxyl groups is 3. The van der Waals surface area contributed by atoms with Crippen molar-refractivity contribution < 1.29 is 34.4 Å².